The molecular formula is C37H56N4O6. The fourth-order valence-electron chi connectivity index (χ4n) is 6.93. The number of nitrogens with one attached hydrogen (secondary N) is 1. The topological polar surface area (TPSA) is 116 Å². The third-order valence-corrected chi connectivity index (χ3v) is 9.65. The van der Waals surface area contributed by atoms with Gasteiger partial charge < -0.3 is 39.8 Å². The van der Waals surface area contributed by atoms with Crippen molar-refractivity contribution in [2.75, 3.05) is 52.0 Å². The van der Waals surface area contributed by atoms with Crippen molar-refractivity contribution in [2.45, 2.75) is 96.6 Å². The average molecular weight is 653 g/mol. The number of nitrogens with zero attached hydrogens (tertiary/aromatic N) is 2. The molecule has 260 valence electrons. The molecule has 1 saturated heterocycles. The quantitative estimate of drug-likeness (QED) is 0.262. The van der Waals surface area contributed by atoms with Crippen LogP contribution in [-0.4, -0.2) is 87.5 Å². The van der Waals surface area contributed by atoms with Gasteiger partial charge in [-0.05, 0) is 74.4 Å². The van der Waals surface area contributed by atoms with Gasteiger partial charge in [0.25, 0.3) is 0 Å². The lowest BCUT2D eigenvalue weighted by Crippen LogP contribution is -2.60. The van der Waals surface area contributed by atoms with E-state index in [0.717, 1.165) is 54.2 Å². The van der Waals surface area contributed by atoms with Gasteiger partial charge in [0.2, 0.25) is 11.8 Å². The first-order chi connectivity index (χ1) is 22.5. The minimum absolute atomic E-state index is 0.00871. The van der Waals surface area contributed by atoms with E-state index in [1.54, 1.807) is 14.2 Å². The summed E-state index contributed by atoms with van der Waals surface area (Å²) in [6.45, 7) is 13.5. The summed E-state index contributed by atoms with van der Waals surface area (Å²) in [4.78, 5) is 30.4. The third-order valence-electron chi connectivity index (χ3n) is 9.65. The van der Waals surface area contributed by atoms with Gasteiger partial charge in [0, 0.05) is 51.2 Å². The van der Waals surface area contributed by atoms with E-state index in [4.69, 9.17) is 24.7 Å². The van der Waals surface area contributed by atoms with Gasteiger partial charge in [-0.25, -0.2) is 0 Å². The van der Waals surface area contributed by atoms with Crippen LogP contribution < -0.4 is 25.4 Å². The van der Waals surface area contributed by atoms with Crippen LogP contribution in [0.2, 0.25) is 0 Å². The van der Waals surface area contributed by atoms with Gasteiger partial charge in [-0.2, -0.15) is 0 Å². The maximum absolute atomic E-state index is 14.1. The molecule has 0 bridgehead atoms. The molecule has 0 saturated carbocycles. The second kappa shape index (κ2) is 16.7. The molecule has 0 unspecified atom stereocenters. The normalized spacial score (nSPS) is 21.0. The maximum atomic E-state index is 14.1. The van der Waals surface area contributed by atoms with Gasteiger partial charge in [0.05, 0.1) is 38.1 Å². The summed E-state index contributed by atoms with van der Waals surface area (Å²) in [6.07, 6.45) is 2.73. The first-order valence-electron chi connectivity index (χ1n) is 17.1. The van der Waals surface area contributed by atoms with E-state index < -0.39 is 11.6 Å². The van der Waals surface area contributed by atoms with E-state index in [2.05, 4.69) is 41.4 Å². The lowest BCUT2D eigenvalue weighted by Gasteiger charge is -2.47. The largest absolute Gasteiger partial charge is 0.497 e. The van der Waals surface area contributed by atoms with Gasteiger partial charge in [-0.15, -0.1) is 0 Å². The average Bonchev–Trinajstić information content (AvgIpc) is 3.05. The van der Waals surface area contributed by atoms with Crippen molar-refractivity contribution in [1.82, 2.24) is 10.2 Å². The van der Waals surface area contributed by atoms with Crippen molar-refractivity contribution in [3.8, 4) is 11.5 Å². The fourth-order valence-corrected chi connectivity index (χ4v) is 6.93. The molecule has 2 aliphatic heterocycles. The van der Waals surface area contributed by atoms with E-state index in [-0.39, 0.29) is 35.8 Å². The number of amides is 2. The molecule has 2 aliphatic rings. The number of fused-ring (bicyclic) bond motifs is 1. The van der Waals surface area contributed by atoms with Crippen molar-refractivity contribution in [3.63, 3.8) is 0 Å². The Hall–Kier alpha value is -3.34. The highest BCUT2D eigenvalue weighted by Crippen LogP contribution is 2.39. The van der Waals surface area contributed by atoms with Gasteiger partial charge >= 0.3 is 0 Å². The zero-order valence-corrected chi connectivity index (χ0v) is 29.4. The molecule has 47 heavy (non-hydrogen) atoms. The van der Waals surface area contributed by atoms with Crippen molar-refractivity contribution in [3.05, 3.63) is 53.6 Å². The number of piperidine rings is 1. The molecule has 4 rings (SSSR count). The lowest BCUT2D eigenvalue weighted by molar-refractivity contribution is -0.144. The molecule has 2 aromatic rings. The van der Waals surface area contributed by atoms with Crippen LogP contribution in [-0.2, 0) is 25.7 Å². The third kappa shape index (κ3) is 9.61. The monoisotopic (exact) mass is 652 g/mol. The molecule has 10 heteroatoms. The van der Waals surface area contributed by atoms with Crippen LogP contribution in [0, 0.1) is 5.92 Å². The van der Waals surface area contributed by atoms with Crippen LogP contribution in [0.15, 0.2) is 42.5 Å². The Morgan fingerprint density at radius 3 is 2.55 bits per heavy atom. The molecule has 1 fully saturated rings. The molecule has 0 aromatic heterocycles. The molecule has 2 aromatic carbocycles. The Labute approximate surface area is 281 Å². The number of anilines is 1. The van der Waals surface area contributed by atoms with Crippen molar-refractivity contribution in [2.24, 2.45) is 11.7 Å². The first kappa shape index (κ1) is 36.5. The molecular weight excluding hydrogens is 596 g/mol. The summed E-state index contributed by atoms with van der Waals surface area (Å²) in [6, 6.07) is 13.6. The Kier molecular flexibility index (Phi) is 12.9. The smallest absolute Gasteiger partial charge is 0.240 e. The van der Waals surface area contributed by atoms with Gasteiger partial charge in [0.15, 0.2) is 0 Å². The van der Waals surface area contributed by atoms with Gasteiger partial charge in [0.1, 0.15) is 18.1 Å². The van der Waals surface area contributed by atoms with Crippen LogP contribution in [0.25, 0.3) is 0 Å². The number of benzene rings is 2. The molecule has 0 radical (unpaired) electrons. The van der Waals surface area contributed by atoms with Crippen LogP contribution in [0.4, 0.5) is 5.69 Å². The number of ether oxygens (including phenoxy) is 4. The van der Waals surface area contributed by atoms with E-state index >= 15 is 0 Å². The highest BCUT2D eigenvalue weighted by atomic mass is 16.5. The van der Waals surface area contributed by atoms with Gasteiger partial charge in [-0.3, -0.25) is 9.59 Å². The minimum Gasteiger partial charge on any atom is -0.497 e. The zero-order valence-electron chi connectivity index (χ0n) is 29.4. The van der Waals surface area contributed by atoms with Crippen LogP contribution in [0.1, 0.15) is 77.3 Å². The molecule has 0 aliphatic carbocycles. The second-order valence-corrected chi connectivity index (χ2v) is 13.8. The van der Waals surface area contributed by atoms with E-state index in [9.17, 15) is 9.59 Å². The van der Waals surface area contributed by atoms with Crippen LogP contribution in [0.5, 0.6) is 11.5 Å². The van der Waals surface area contributed by atoms with E-state index in [0.29, 0.717) is 39.2 Å². The number of carbonyl (C=O) groups is 2. The molecule has 5 atom stereocenters. The molecule has 2 heterocycles. The van der Waals surface area contributed by atoms with Crippen LogP contribution in [0.3, 0.4) is 0 Å². The highest BCUT2D eigenvalue weighted by molar-refractivity contribution is 5.82. The Morgan fingerprint density at radius 1 is 1.15 bits per heavy atom. The highest BCUT2D eigenvalue weighted by Gasteiger charge is 2.43. The Balaban J connectivity index is 1.64. The standard InChI is InChI=1S/C37H56N4O6/c1-8-25(2)35(38)36(43)41-23-34(47-24-27-10-15-33-32(20-27)40(17-19-46-33)16-9-18-44-6)31(28-11-13-30(45-7)14-12-28)21-29(41)22-37(4,5)39-26(3)42/h10-15,20,25,29,31,34-35H,8-9,16-19,21-24,38H2,1-7H3,(H,39,42)/t25-,29+,31+,34-,35-/m0/s1. The van der Waals surface area contributed by atoms with E-state index in [1.807, 2.05) is 43.9 Å². The second-order valence-electron chi connectivity index (χ2n) is 13.8. The van der Waals surface area contributed by atoms with E-state index in [1.165, 1.54) is 6.92 Å². The summed E-state index contributed by atoms with van der Waals surface area (Å²) < 4.78 is 23.5. The number of rotatable bonds is 15. The lowest BCUT2D eigenvalue weighted by atomic mass is 9.78. The minimum atomic E-state index is -0.616. The first-order valence-corrected chi connectivity index (χ1v) is 17.1. The predicted molar refractivity (Wildman–Crippen MR) is 185 cm³/mol. The number of hydrogen-bond donors (Lipinski definition) is 2. The molecule has 2 amide bonds. The van der Waals surface area contributed by atoms with Crippen LogP contribution >= 0.6 is 0 Å². The SMILES string of the molecule is CC[C@H](C)[C@H](N)C(=O)N1C[C@H](OCc2ccc3c(c2)N(CCCOC)CCO3)[C@@H](c2ccc(OC)cc2)C[C@@H]1CC(C)(C)NC(C)=O. The molecule has 3 N–H and O–H groups in total. The number of methoxy groups -OCH3 is 2. The number of carbonyl (C=O) groups excluding carboxylic acids is 2. The molecule has 10 nitrogen and oxygen atoms in total. The number of hydrogen-bond acceptors (Lipinski definition) is 8. The summed E-state index contributed by atoms with van der Waals surface area (Å²) in [5.41, 5.74) is 9.30. The summed E-state index contributed by atoms with van der Waals surface area (Å²) >= 11 is 0. The Bertz CT molecular complexity index is 1320. The molecule has 0 spiro atoms. The summed E-state index contributed by atoms with van der Waals surface area (Å²) in [5, 5.41) is 3.08. The van der Waals surface area contributed by atoms with Crippen molar-refractivity contribution >= 4 is 17.5 Å². The predicted octanol–water partition coefficient (Wildman–Crippen LogP) is 4.88. The number of likely N-dealkylation sites (tertiary alicyclic amines) is 1. The summed E-state index contributed by atoms with van der Waals surface area (Å²) in [7, 11) is 3.39. The number of nitrogens with two attached hydrogens (primary N) is 1. The Morgan fingerprint density at radius 2 is 1.89 bits per heavy atom. The zero-order chi connectivity index (χ0) is 34.1. The summed E-state index contributed by atoms with van der Waals surface area (Å²) in [5.74, 6) is 1.55. The maximum Gasteiger partial charge on any atom is 0.240 e. The van der Waals surface area contributed by atoms with Crippen molar-refractivity contribution < 1.29 is 28.5 Å². The van der Waals surface area contributed by atoms with Gasteiger partial charge in [-0.1, -0.05) is 38.5 Å². The van der Waals surface area contributed by atoms with Crippen molar-refractivity contribution in [1.29, 1.82) is 0 Å². The fraction of sp³-hybridized carbons (Fsp3) is 0.622.